The van der Waals surface area contributed by atoms with E-state index in [2.05, 4.69) is 10.6 Å². The smallest absolute Gasteiger partial charge is 0.319 e. The van der Waals surface area contributed by atoms with Crippen molar-refractivity contribution in [1.29, 1.82) is 0 Å². The number of hydrogen-bond donors (Lipinski definition) is 4. The first-order valence-corrected chi connectivity index (χ1v) is 6.03. The molecular weight excluding hydrogens is 262 g/mol. The van der Waals surface area contributed by atoms with Crippen molar-refractivity contribution in [2.24, 2.45) is 5.73 Å². The highest BCUT2D eigenvalue weighted by Gasteiger charge is 2.10. The summed E-state index contributed by atoms with van der Waals surface area (Å²) < 4.78 is 0. The third kappa shape index (κ3) is 5.85. The van der Waals surface area contributed by atoms with Crippen LogP contribution in [0.5, 0.6) is 0 Å². The van der Waals surface area contributed by atoms with Gasteiger partial charge in [-0.25, -0.2) is 4.79 Å². The molecule has 1 atom stereocenters. The number of carbonyl (C=O) groups is 3. The minimum atomic E-state index is -0.943. The molecule has 0 saturated carbocycles. The zero-order chi connectivity index (χ0) is 15.1. The summed E-state index contributed by atoms with van der Waals surface area (Å²) in [4.78, 5) is 32.9. The van der Waals surface area contributed by atoms with E-state index in [1.165, 1.54) is 0 Å². The number of carbonyl (C=O) groups excluding carboxylic acids is 2. The quantitative estimate of drug-likeness (QED) is 0.612. The molecule has 1 aromatic rings. The van der Waals surface area contributed by atoms with Gasteiger partial charge in [0.2, 0.25) is 5.91 Å². The number of carboxylic acids is 1. The lowest BCUT2D eigenvalue weighted by molar-refractivity contribution is -0.136. The van der Waals surface area contributed by atoms with Crippen molar-refractivity contribution >= 4 is 23.6 Å². The van der Waals surface area contributed by atoms with E-state index in [0.29, 0.717) is 11.3 Å². The Morgan fingerprint density at radius 2 is 2.05 bits per heavy atom. The summed E-state index contributed by atoms with van der Waals surface area (Å²) in [7, 11) is 0. The number of primary amides is 1. The predicted octanol–water partition coefficient (Wildman–Crippen LogP) is 0.699. The summed E-state index contributed by atoms with van der Waals surface area (Å²) in [5, 5.41) is 13.8. The van der Waals surface area contributed by atoms with Crippen LogP contribution in [-0.2, 0) is 16.0 Å². The fourth-order valence-corrected chi connectivity index (χ4v) is 1.68. The molecule has 0 aliphatic rings. The molecule has 0 aliphatic carbocycles. The summed E-state index contributed by atoms with van der Waals surface area (Å²) in [5.41, 5.74) is 6.08. The summed E-state index contributed by atoms with van der Waals surface area (Å²) in [6.45, 7) is 1.66. The van der Waals surface area contributed by atoms with Crippen molar-refractivity contribution in [3.8, 4) is 0 Å². The van der Waals surface area contributed by atoms with E-state index in [1.54, 1.807) is 31.2 Å². The van der Waals surface area contributed by atoms with Crippen molar-refractivity contribution in [2.75, 3.05) is 5.32 Å². The van der Waals surface area contributed by atoms with E-state index in [1.807, 2.05) is 0 Å². The van der Waals surface area contributed by atoms with Gasteiger partial charge < -0.3 is 21.5 Å². The topological polar surface area (TPSA) is 122 Å². The van der Waals surface area contributed by atoms with Gasteiger partial charge in [-0.15, -0.1) is 0 Å². The number of carboxylic acid groups (broad SMARTS) is 1. The third-order valence-corrected chi connectivity index (χ3v) is 2.43. The molecule has 0 aliphatic heterocycles. The number of nitrogens with one attached hydrogen (secondary N) is 2. The summed E-state index contributed by atoms with van der Waals surface area (Å²) in [6.07, 6.45) is -0.0678. The minimum Gasteiger partial charge on any atom is -0.481 e. The largest absolute Gasteiger partial charge is 0.481 e. The molecule has 7 heteroatoms. The van der Waals surface area contributed by atoms with Gasteiger partial charge in [0.15, 0.2) is 0 Å². The third-order valence-electron chi connectivity index (χ3n) is 2.43. The second kappa shape index (κ2) is 7.13. The van der Waals surface area contributed by atoms with E-state index < -0.39 is 17.9 Å². The van der Waals surface area contributed by atoms with Crippen LogP contribution in [0, 0.1) is 0 Å². The van der Waals surface area contributed by atoms with Gasteiger partial charge in [0.1, 0.15) is 0 Å². The highest BCUT2D eigenvalue weighted by molar-refractivity contribution is 5.90. The van der Waals surface area contributed by atoms with Crippen LogP contribution in [0.2, 0.25) is 0 Å². The Kier molecular flexibility index (Phi) is 5.52. The van der Waals surface area contributed by atoms with Crippen LogP contribution in [-0.4, -0.2) is 29.1 Å². The molecule has 108 valence electrons. The van der Waals surface area contributed by atoms with E-state index in [0.717, 1.165) is 0 Å². The van der Waals surface area contributed by atoms with Gasteiger partial charge in [-0.1, -0.05) is 12.1 Å². The van der Waals surface area contributed by atoms with Gasteiger partial charge in [-0.3, -0.25) is 9.59 Å². The minimum absolute atomic E-state index is 0.0481. The zero-order valence-electron chi connectivity index (χ0n) is 11.1. The Hall–Kier alpha value is -2.57. The lowest BCUT2D eigenvalue weighted by atomic mass is 10.1. The molecule has 0 heterocycles. The van der Waals surface area contributed by atoms with Gasteiger partial charge >= 0.3 is 12.0 Å². The maximum atomic E-state index is 11.6. The Labute approximate surface area is 116 Å². The number of anilines is 1. The molecule has 20 heavy (non-hydrogen) atoms. The number of nitrogens with two attached hydrogens (primary N) is 1. The molecule has 5 N–H and O–H groups in total. The van der Waals surface area contributed by atoms with Crippen LogP contribution in [0.15, 0.2) is 24.3 Å². The molecule has 1 aromatic carbocycles. The highest BCUT2D eigenvalue weighted by Crippen LogP contribution is 2.11. The highest BCUT2D eigenvalue weighted by atomic mass is 16.4. The first-order valence-electron chi connectivity index (χ1n) is 6.03. The van der Waals surface area contributed by atoms with E-state index in [4.69, 9.17) is 10.8 Å². The van der Waals surface area contributed by atoms with Gasteiger partial charge in [-0.05, 0) is 24.6 Å². The van der Waals surface area contributed by atoms with Gasteiger partial charge in [0.05, 0.1) is 6.42 Å². The molecule has 0 bridgehead atoms. The summed E-state index contributed by atoms with van der Waals surface area (Å²) in [6, 6.07) is 5.67. The number of hydrogen-bond acceptors (Lipinski definition) is 3. The Morgan fingerprint density at radius 1 is 1.35 bits per heavy atom. The predicted molar refractivity (Wildman–Crippen MR) is 73.2 cm³/mol. The van der Waals surface area contributed by atoms with Crippen molar-refractivity contribution in [2.45, 2.75) is 25.8 Å². The second-order valence-corrected chi connectivity index (χ2v) is 4.44. The molecule has 0 saturated heterocycles. The monoisotopic (exact) mass is 279 g/mol. The SMILES string of the molecule is CC(CC(N)=O)NC(=O)Nc1cccc(CC(=O)O)c1. The van der Waals surface area contributed by atoms with E-state index >= 15 is 0 Å². The molecule has 0 radical (unpaired) electrons. The number of aliphatic carboxylic acids is 1. The lowest BCUT2D eigenvalue weighted by Gasteiger charge is -2.13. The van der Waals surface area contributed by atoms with Crippen molar-refractivity contribution in [1.82, 2.24) is 5.32 Å². The van der Waals surface area contributed by atoms with Gasteiger partial charge in [0.25, 0.3) is 0 Å². The van der Waals surface area contributed by atoms with Crippen molar-refractivity contribution < 1.29 is 19.5 Å². The number of benzene rings is 1. The van der Waals surface area contributed by atoms with E-state index in [-0.39, 0.29) is 18.9 Å². The lowest BCUT2D eigenvalue weighted by Crippen LogP contribution is -2.38. The van der Waals surface area contributed by atoms with Crippen molar-refractivity contribution in [3.05, 3.63) is 29.8 Å². The van der Waals surface area contributed by atoms with Crippen molar-refractivity contribution in [3.63, 3.8) is 0 Å². The van der Waals surface area contributed by atoms with Crippen LogP contribution in [0.3, 0.4) is 0 Å². The normalized spacial score (nSPS) is 11.4. The Morgan fingerprint density at radius 3 is 2.65 bits per heavy atom. The van der Waals surface area contributed by atoms with Crippen LogP contribution < -0.4 is 16.4 Å². The summed E-state index contributed by atoms with van der Waals surface area (Å²) in [5.74, 6) is -1.44. The Balaban J connectivity index is 2.57. The molecule has 1 unspecified atom stereocenters. The second-order valence-electron chi connectivity index (χ2n) is 4.44. The van der Waals surface area contributed by atoms with Crippen LogP contribution in [0.4, 0.5) is 10.5 Å². The number of amides is 3. The van der Waals surface area contributed by atoms with Gasteiger partial charge in [-0.2, -0.15) is 0 Å². The van der Waals surface area contributed by atoms with Crippen LogP contribution in [0.1, 0.15) is 18.9 Å². The first-order chi connectivity index (χ1) is 9.36. The average molecular weight is 279 g/mol. The average Bonchev–Trinajstić information content (AvgIpc) is 2.26. The summed E-state index contributed by atoms with van der Waals surface area (Å²) >= 11 is 0. The van der Waals surface area contributed by atoms with Gasteiger partial charge in [0, 0.05) is 18.2 Å². The first kappa shape index (κ1) is 15.5. The maximum absolute atomic E-state index is 11.6. The number of rotatable bonds is 6. The van der Waals surface area contributed by atoms with Crippen LogP contribution in [0.25, 0.3) is 0 Å². The molecule has 0 fully saturated rings. The fraction of sp³-hybridized carbons (Fsp3) is 0.308. The van der Waals surface area contributed by atoms with E-state index in [9.17, 15) is 14.4 Å². The fourth-order valence-electron chi connectivity index (χ4n) is 1.68. The Bertz CT molecular complexity index is 516. The number of urea groups is 1. The molecule has 1 rings (SSSR count). The molecule has 0 spiro atoms. The molecule has 3 amide bonds. The molecule has 0 aromatic heterocycles. The zero-order valence-corrected chi connectivity index (χ0v) is 11.1. The molecular formula is C13H17N3O4. The molecule has 7 nitrogen and oxygen atoms in total. The van der Waals surface area contributed by atoms with Crippen LogP contribution >= 0.6 is 0 Å². The maximum Gasteiger partial charge on any atom is 0.319 e. The standard InChI is InChI=1S/C13H17N3O4/c1-8(5-11(14)17)15-13(20)16-10-4-2-3-9(6-10)7-12(18)19/h2-4,6,8H,5,7H2,1H3,(H2,14,17)(H,18,19)(H2,15,16,20).